The molecule has 0 atom stereocenters. The van der Waals surface area contributed by atoms with Gasteiger partial charge in [-0.2, -0.15) is 0 Å². The van der Waals surface area contributed by atoms with Crippen molar-refractivity contribution in [2.45, 2.75) is 26.7 Å². The normalized spacial score (nSPS) is 11.3. The van der Waals surface area contributed by atoms with Crippen LogP contribution in [-0.2, 0) is 12.8 Å². The number of benzene rings is 4. The molecule has 152 valence electrons. The van der Waals surface area contributed by atoms with Crippen LogP contribution < -0.4 is 5.43 Å². The van der Waals surface area contributed by atoms with Crippen molar-refractivity contribution in [2.24, 2.45) is 0 Å². The maximum atomic E-state index is 13.7. The third-order valence-electron chi connectivity index (χ3n) is 6.07. The highest BCUT2D eigenvalue weighted by Crippen LogP contribution is 2.38. The van der Waals surface area contributed by atoms with Gasteiger partial charge in [0.2, 0.25) is 0 Å². The van der Waals surface area contributed by atoms with E-state index in [0.717, 1.165) is 55.3 Å². The smallest absolute Gasteiger partial charge is 0.196 e. The maximum absolute atomic E-state index is 13.7. The summed E-state index contributed by atoms with van der Waals surface area (Å²) in [5, 5.41) is 1.62. The molecule has 0 bridgehead atoms. The third-order valence-corrected chi connectivity index (χ3v) is 7.28. The average Bonchev–Trinajstić information content (AvgIpc) is 2.84. The zero-order valence-electron chi connectivity index (χ0n) is 17.8. The van der Waals surface area contributed by atoms with Gasteiger partial charge in [-0.15, -0.1) is 11.3 Å². The van der Waals surface area contributed by atoms with Gasteiger partial charge in [-0.05, 0) is 58.4 Å². The molecule has 0 fully saturated rings. The van der Waals surface area contributed by atoms with Crippen LogP contribution in [0.5, 0.6) is 0 Å². The summed E-state index contributed by atoms with van der Waals surface area (Å²) < 4.78 is 2.09. The minimum Gasteiger partial charge on any atom is -0.288 e. The molecule has 5 rings (SSSR count). The molecule has 0 aliphatic carbocycles. The fraction of sp³-hybridized carbons (Fsp3) is 0.138. The Kier molecular flexibility index (Phi) is 5.17. The minimum atomic E-state index is 0.117. The van der Waals surface area contributed by atoms with Crippen molar-refractivity contribution < 1.29 is 0 Å². The Bertz CT molecular complexity index is 1440. The van der Waals surface area contributed by atoms with Gasteiger partial charge in [0, 0.05) is 20.2 Å². The summed E-state index contributed by atoms with van der Waals surface area (Å²) in [5.74, 6) is 0. The summed E-state index contributed by atoms with van der Waals surface area (Å²) in [6.45, 7) is 4.33. The predicted octanol–water partition coefficient (Wildman–Crippen LogP) is 7.87. The molecule has 0 saturated carbocycles. The second-order valence-electron chi connectivity index (χ2n) is 7.89. The van der Waals surface area contributed by atoms with Crippen LogP contribution in [0.25, 0.3) is 42.4 Å². The van der Waals surface area contributed by atoms with Crippen molar-refractivity contribution in [1.29, 1.82) is 0 Å². The van der Waals surface area contributed by atoms with Crippen LogP contribution in [0.15, 0.2) is 89.7 Å². The van der Waals surface area contributed by atoms with Gasteiger partial charge in [0.15, 0.2) is 5.43 Å². The topological polar surface area (TPSA) is 17.1 Å². The first kappa shape index (κ1) is 19.7. The molecular formula is C29H24OS. The molecule has 4 aromatic carbocycles. The zero-order valence-corrected chi connectivity index (χ0v) is 18.6. The Labute approximate surface area is 186 Å². The monoisotopic (exact) mass is 420 g/mol. The van der Waals surface area contributed by atoms with Gasteiger partial charge in [0.05, 0.1) is 0 Å². The summed E-state index contributed by atoms with van der Waals surface area (Å²) in [5.41, 5.74) is 7.12. The van der Waals surface area contributed by atoms with E-state index in [9.17, 15) is 4.79 Å². The second-order valence-corrected chi connectivity index (χ2v) is 8.95. The van der Waals surface area contributed by atoms with Crippen LogP contribution in [0.4, 0.5) is 0 Å². The fourth-order valence-corrected chi connectivity index (χ4v) is 5.45. The number of aryl methyl sites for hydroxylation is 2. The van der Waals surface area contributed by atoms with E-state index < -0.39 is 0 Å². The molecule has 0 unspecified atom stereocenters. The number of hydrogen-bond donors (Lipinski definition) is 0. The fourth-order valence-electron chi connectivity index (χ4n) is 4.21. The second kappa shape index (κ2) is 8.13. The molecule has 0 N–H and O–H groups in total. The van der Waals surface area contributed by atoms with Crippen molar-refractivity contribution in [3.05, 3.63) is 106 Å². The van der Waals surface area contributed by atoms with Crippen molar-refractivity contribution in [2.75, 3.05) is 0 Å². The first-order valence-electron chi connectivity index (χ1n) is 10.9. The van der Waals surface area contributed by atoms with Gasteiger partial charge in [-0.25, -0.2) is 0 Å². The molecule has 0 radical (unpaired) electrons. The number of hydrogen-bond acceptors (Lipinski definition) is 2. The molecule has 1 aromatic heterocycles. The zero-order chi connectivity index (χ0) is 21.4. The van der Waals surface area contributed by atoms with Crippen molar-refractivity contribution in [3.63, 3.8) is 0 Å². The van der Waals surface area contributed by atoms with E-state index in [1.807, 2.05) is 24.3 Å². The molecule has 0 aliphatic heterocycles. The summed E-state index contributed by atoms with van der Waals surface area (Å²) in [7, 11) is 0. The summed E-state index contributed by atoms with van der Waals surface area (Å²) in [4.78, 5) is 13.7. The molecule has 0 aliphatic rings. The van der Waals surface area contributed by atoms with E-state index >= 15 is 0 Å². The highest BCUT2D eigenvalue weighted by molar-refractivity contribution is 7.25. The molecule has 0 amide bonds. The maximum Gasteiger partial charge on any atom is 0.196 e. The van der Waals surface area contributed by atoms with Crippen molar-refractivity contribution in [1.82, 2.24) is 0 Å². The lowest BCUT2D eigenvalue weighted by atomic mass is 9.94. The highest BCUT2D eigenvalue weighted by atomic mass is 32.1. The van der Waals surface area contributed by atoms with E-state index in [1.165, 1.54) is 11.1 Å². The van der Waals surface area contributed by atoms with E-state index in [2.05, 4.69) is 74.5 Å². The average molecular weight is 421 g/mol. The molecule has 1 nitrogen and oxygen atoms in total. The number of rotatable bonds is 4. The number of fused-ring (bicyclic) bond motifs is 2. The van der Waals surface area contributed by atoms with Gasteiger partial charge in [-0.3, -0.25) is 4.79 Å². The van der Waals surface area contributed by atoms with E-state index in [0.29, 0.717) is 0 Å². The Hall–Kier alpha value is -3.23. The van der Waals surface area contributed by atoms with Gasteiger partial charge >= 0.3 is 0 Å². The molecule has 2 heteroatoms. The van der Waals surface area contributed by atoms with Crippen molar-refractivity contribution >= 4 is 31.5 Å². The van der Waals surface area contributed by atoms with E-state index in [-0.39, 0.29) is 5.43 Å². The van der Waals surface area contributed by atoms with E-state index in [4.69, 9.17) is 0 Å². The van der Waals surface area contributed by atoms with Gasteiger partial charge in [0.25, 0.3) is 0 Å². The largest absolute Gasteiger partial charge is 0.288 e. The lowest BCUT2D eigenvalue weighted by Gasteiger charge is -2.13. The molecule has 31 heavy (non-hydrogen) atoms. The Morgan fingerprint density at radius 3 is 1.81 bits per heavy atom. The van der Waals surface area contributed by atoms with Crippen LogP contribution in [0, 0.1) is 0 Å². The summed E-state index contributed by atoms with van der Waals surface area (Å²) in [6, 6.07) is 29.6. The quantitative estimate of drug-likeness (QED) is 0.270. The molecule has 5 aromatic rings. The first-order valence-corrected chi connectivity index (χ1v) is 11.7. The lowest BCUT2D eigenvalue weighted by Crippen LogP contribution is -2.03. The first-order chi connectivity index (χ1) is 15.2. The van der Waals surface area contributed by atoms with Crippen LogP contribution in [0.3, 0.4) is 0 Å². The Morgan fingerprint density at radius 2 is 1.19 bits per heavy atom. The van der Waals surface area contributed by atoms with Crippen molar-refractivity contribution in [3.8, 4) is 22.3 Å². The predicted molar refractivity (Wildman–Crippen MR) is 135 cm³/mol. The Balaban J connectivity index is 1.84. The summed E-state index contributed by atoms with van der Waals surface area (Å²) in [6.07, 6.45) is 2.03. The summed E-state index contributed by atoms with van der Waals surface area (Å²) >= 11 is 1.71. The van der Waals surface area contributed by atoms with Gasteiger partial charge < -0.3 is 0 Å². The SMILES string of the molecule is CCc1ccc(-c2ccc(-c3ccc(CC)cc3)c3c(=O)c4ccccc4sc23)cc1. The van der Waals surface area contributed by atoms with Crippen LogP contribution in [0.2, 0.25) is 0 Å². The highest BCUT2D eigenvalue weighted by Gasteiger charge is 2.16. The lowest BCUT2D eigenvalue weighted by molar-refractivity contribution is 1.14. The van der Waals surface area contributed by atoms with E-state index in [1.54, 1.807) is 11.3 Å². The third kappa shape index (κ3) is 3.47. The minimum absolute atomic E-state index is 0.117. The van der Waals surface area contributed by atoms with Gasteiger partial charge in [0.1, 0.15) is 0 Å². The molecular weight excluding hydrogens is 396 g/mol. The van der Waals surface area contributed by atoms with Crippen LogP contribution >= 0.6 is 11.3 Å². The molecule has 1 heterocycles. The molecule has 0 spiro atoms. The Morgan fingerprint density at radius 1 is 0.645 bits per heavy atom. The van der Waals surface area contributed by atoms with Crippen LogP contribution in [0.1, 0.15) is 25.0 Å². The van der Waals surface area contributed by atoms with Crippen LogP contribution in [-0.4, -0.2) is 0 Å². The molecule has 0 saturated heterocycles. The standard InChI is InChI=1S/C29H24OS/c1-3-19-9-13-21(14-10-19)23-17-18-24(22-15-11-20(4-2)12-16-22)29-27(23)28(30)25-7-5-6-8-26(25)31-29/h5-18H,3-4H2,1-2H3. The van der Waals surface area contributed by atoms with Gasteiger partial charge in [-0.1, -0.05) is 86.6 Å².